The molecule has 22 heavy (non-hydrogen) atoms. The molecule has 0 aliphatic rings. The van der Waals surface area contributed by atoms with E-state index in [1.807, 2.05) is 13.0 Å². The molecule has 0 saturated heterocycles. The van der Waals surface area contributed by atoms with Crippen LogP contribution in [0.2, 0.25) is 0 Å². The van der Waals surface area contributed by atoms with Crippen molar-refractivity contribution in [1.82, 2.24) is 4.98 Å². The number of hydrogen-bond acceptors (Lipinski definition) is 3. The zero-order valence-corrected chi connectivity index (χ0v) is 12.8. The van der Waals surface area contributed by atoms with E-state index in [4.69, 9.17) is 11.0 Å². The number of rotatable bonds is 4. The van der Waals surface area contributed by atoms with Gasteiger partial charge in [0.2, 0.25) is 0 Å². The largest absolute Gasteiger partial charge is 0.330 e. The van der Waals surface area contributed by atoms with Gasteiger partial charge >= 0.3 is 0 Å². The average molecular weight is 324 g/mol. The molecule has 2 aromatic rings. The number of nitrogens with zero attached hydrogens (tertiary/aromatic N) is 2. The Balaban J connectivity index is 0.00000242. The maximum atomic E-state index is 13.4. The maximum absolute atomic E-state index is 13.4. The number of hydrogen-bond donors (Lipinski definition) is 1. The molecule has 0 fully saturated rings. The molecule has 2 rings (SSSR count). The molecule has 0 aliphatic heterocycles. The lowest BCUT2D eigenvalue weighted by Gasteiger charge is -2.23. The van der Waals surface area contributed by atoms with Gasteiger partial charge in [-0.25, -0.2) is 8.78 Å². The van der Waals surface area contributed by atoms with E-state index in [9.17, 15) is 8.78 Å². The number of pyridine rings is 1. The molecule has 6 heteroatoms. The maximum Gasteiger partial charge on any atom is 0.159 e. The first-order chi connectivity index (χ1) is 10.1. The van der Waals surface area contributed by atoms with Crippen molar-refractivity contribution >= 4 is 12.4 Å². The van der Waals surface area contributed by atoms with Crippen LogP contribution in [0.3, 0.4) is 0 Å². The van der Waals surface area contributed by atoms with Crippen LogP contribution in [-0.4, -0.2) is 11.5 Å². The van der Waals surface area contributed by atoms with Crippen LogP contribution in [0.25, 0.3) is 0 Å². The summed E-state index contributed by atoms with van der Waals surface area (Å²) in [6.07, 6.45) is 3.12. The lowest BCUT2D eigenvalue weighted by Crippen LogP contribution is -2.19. The van der Waals surface area contributed by atoms with Crippen molar-refractivity contribution in [3.05, 3.63) is 65.0 Å². The first-order valence-electron chi connectivity index (χ1n) is 6.57. The monoisotopic (exact) mass is 323 g/mol. The van der Waals surface area contributed by atoms with E-state index in [1.165, 1.54) is 12.3 Å². The van der Waals surface area contributed by atoms with Gasteiger partial charge in [-0.3, -0.25) is 4.98 Å². The van der Waals surface area contributed by atoms with Gasteiger partial charge in [-0.2, -0.15) is 5.26 Å². The average Bonchev–Trinajstić information content (AvgIpc) is 2.51. The number of benzene rings is 1. The Morgan fingerprint density at radius 3 is 2.50 bits per heavy atom. The lowest BCUT2D eigenvalue weighted by atomic mass is 9.83. The van der Waals surface area contributed by atoms with Crippen LogP contribution in [0.4, 0.5) is 8.78 Å². The highest BCUT2D eigenvalue weighted by atomic mass is 35.5. The van der Waals surface area contributed by atoms with Crippen molar-refractivity contribution in [3.8, 4) is 6.07 Å². The summed E-state index contributed by atoms with van der Waals surface area (Å²) in [5.41, 5.74) is 7.74. The summed E-state index contributed by atoms with van der Waals surface area (Å²) in [7, 11) is 0. The standard InChI is InChI=1S/C16H15F2N3.ClH/c1-10(12-2-3-15(17)16(18)5-12)14(7-20)13-4-11(6-19)8-21-9-13;/h2-5,8-10,14H,7,20H2,1H3;1H. The summed E-state index contributed by atoms with van der Waals surface area (Å²) in [5, 5.41) is 8.93. The second-order valence-corrected chi connectivity index (χ2v) is 4.92. The van der Waals surface area contributed by atoms with Gasteiger partial charge in [0.05, 0.1) is 5.56 Å². The van der Waals surface area contributed by atoms with E-state index >= 15 is 0 Å². The Kier molecular flexibility index (Phi) is 6.41. The summed E-state index contributed by atoms with van der Waals surface area (Å²) in [6.45, 7) is 2.21. The quantitative estimate of drug-likeness (QED) is 0.936. The van der Waals surface area contributed by atoms with Crippen molar-refractivity contribution in [1.29, 1.82) is 5.26 Å². The van der Waals surface area contributed by atoms with Gasteiger partial charge < -0.3 is 5.73 Å². The topological polar surface area (TPSA) is 62.7 Å². The minimum absolute atomic E-state index is 0. The Bertz CT molecular complexity index is 685. The summed E-state index contributed by atoms with van der Waals surface area (Å²) < 4.78 is 26.4. The highest BCUT2D eigenvalue weighted by Crippen LogP contribution is 2.32. The van der Waals surface area contributed by atoms with Gasteiger partial charge in [0.25, 0.3) is 0 Å². The molecule has 0 bridgehead atoms. The van der Waals surface area contributed by atoms with Gasteiger partial charge in [0.1, 0.15) is 6.07 Å². The molecule has 3 nitrogen and oxygen atoms in total. The van der Waals surface area contributed by atoms with Crippen molar-refractivity contribution < 1.29 is 8.78 Å². The van der Waals surface area contributed by atoms with Gasteiger partial charge in [-0.15, -0.1) is 12.4 Å². The van der Waals surface area contributed by atoms with E-state index in [-0.39, 0.29) is 24.2 Å². The SMILES string of the molecule is CC(c1ccc(F)c(F)c1)C(CN)c1cncc(C#N)c1.Cl. The number of nitriles is 1. The van der Waals surface area contributed by atoms with Crippen LogP contribution in [0.15, 0.2) is 36.7 Å². The minimum atomic E-state index is -0.876. The summed E-state index contributed by atoms with van der Waals surface area (Å²) in [5.74, 6) is -2.00. The van der Waals surface area contributed by atoms with Gasteiger partial charge in [0.15, 0.2) is 11.6 Å². The highest BCUT2D eigenvalue weighted by Gasteiger charge is 2.21. The summed E-state index contributed by atoms with van der Waals surface area (Å²) in [4.78, 5) is 4.02. The third-order valence-corrected chi connectivity index (χ3v) is 3.64. The third-order valence-electron chi connectivity index (χ3n) is 3.64. The Morgan fingerprint density at radius 1 is 1.18 bits per heavy atom. The zero-order valence-electron chi connectivity index (χ0n) is 12.0. The van der Waals surface area contributed by atoms with Crippen LogP contribution < -0.4 is 5.73 Å². The van der Waals surface area contributed by atoms with Gasteiger partial charge in [-0.1, -0.05) is 13.0 Å². The highest BCUT2D eigenvalue weighted by molar-refractivity contribution is 5.85. The van der Waals surface area contributed by atoms with Crippen molar-refractivity contribution in [3.63, 3.8) is 0 Å². The fourth-order valence-corrected chi connectivity index (χ4v) is 2.38. The van der Waals surface area contributed by atoms with Crippen LogP contribution in [0.1, 0.15) is 35.4 Å². The second kappa shape index (κ2) is 7.83. The fourth-order valence-electron chi connectivity index (χ4n) is 2.38. The lowest BCUT2D eigenvalue weighted by molar-refractivity contribution is 0.501. The van der Waals surface area contributed by atoms with Crippen LogP contribution in [-0.2, 0) is 0 Å². The Labute approximate surface area is 134 Å². The van der Waals surface area contributed by atoms with Crippen LogP contribution >= 0.6 is 12.4 Å². The van der Waals surface area contributed by atoms with Crippen molar-refractivity contribution in [2.24, 2.45) is 5.73 Å². The smallest absolute Gasteiger partial charge is 0.159 e. The molecule has 1 heterocycles. The molecular weight excluding hydrogens is 308 g/mol. The Morgan fingerprint density at radius 2 is 1.91 bits per heavy atom. The number of halogens is 3. The summed E-state index contributed by atoms with van der Waals surface area (Å²) >= 11 is 0. The minimum Gasteiger partial charge on any atom is -0.330 e. The third kappa shape index (κ3) is 3.79. The van der Waals surface area contributed by atoms with Crippen LogP contribution in [0, 0.1) is 23.0 Å². The Hall–Kier alpha value is -2.03. The molecule has 0 amide bonds. The van der Waals surface area contributed by atoms with E-state index in [0.29, 0.717) is 17.7 Å². The second-order valence-electron chi connectivity index (χ2n) is 4.92. The molecule has 2 N–H and O–H groups in total. The van der Waals surface area contributed by atoms with Gasteiger partial charge in [-0.05, 0) is 41.8 Å². The molecule has 0 saturated carbocycles. The van der Waals surface area contributed by atoms with Crippen molar-refractivity contribution in [2.45, 2.75) is 18.8 Å². The molecule has 2 unspecified atom stereocenters. The van der Waals surface area contributed by atoms with E-state index in [2.05, 4.69) is 4.98 Å². The molecule has 2 atom stereocenters. The normalized spacial score (nSPS) is 12.9. The van der Waals surface area contributed by atoms with E-state index < -0.39 is 11.6 Å². The van der Waals surface area contributed by atoms with Crippen LogP contribution in [0.5, 0.6) is 0 Å². The molecule has 1 aromatic heterocycles. The molecule has 0 aliphatic carbocycles. The fraction of sp³-hybridized carbons (Fsp3) is 0.250. The number of aromatic nitrogens is 1. The molecular formula is C16H16ClF2N3. The first-order valence-corrected chi connectivity index (χ1v) is 6.57. The predicted octanol–water partition coefficient (Wildman–Crippen LogP) is 3.50. The molecule has 116 valence electrons. The van der Waals surface area contributed by atoms with E-state index in [1.54, 1.807) is 18.3 Å². The molecule has 1 aromatic carbocycles. The molecule has 0 spiro atoms. The van der Waals surface area contributed by atoms with Crippen molar-refractivity contribution in [2.75, 3.05) is 6.54 Å². The predicted molar refractivity (Wildman–Crippen MR) is 82.8 cm³/mol. The number of nitrogens with two attached hydrogens (primary N) is 1. The first kappa shape index (κ1) is 18.0. The van der Waals surface area contributed by atoms with E-state index in [0.717, 1.165) is 11.6 Å². The zero-order chi connectivity index (χ0) is 15.4. The molecule has 0 radical (unpaired) electrons. The van der Waals surface area contributed by atoms with Gasteiger partial charge in [0, 0.05) is 18.3 Å². The summed E-state index contributed by atoms with van der Waals surface area (Å²) in [6, 6.07) is 7.60.